The normalized spacial score (nSPS) is 16.1. The molecule has 0 saturated heterocycles. The summed E-state index contributed by atoms with van der Waals surface area (Å²) in [6.07, 6.45) is 6.29. The first-order valence-electron chi connectivity index (χ1n) is 8.25. The smallest absolute Gasteiger partial charge is 0.306 e. The zero-order valence-electron chi connectivity index (χ0n) is 13.5. The van der Waals surface area contributed by atoms with Gasteiger partial charge in [-0.2, -0.15) is 0 Å². The van der Waals surface area contributed by atoms with Gasteiger partial charge in [0.1, 0.15) is 0 Å². The van der Waals surface area contributed by atoms with E-state index in [4.69, 9.17) is 4.74 Å². The van der Waals surface area contributed by atoms with Gasteiger partial charge < -0.3 is 10.1 Å². The fraction of sp³-hybridized carbons (Fsp3) is 0.556. The van der Waals surface area contributed by atoms with Crippen molar-refractivity contribution in [3.8, 4) is 0 Å². The number of amides is 1. The molecule has 5 heteroatoms. The monoisotopic (exact) mass is 381 g/mol. The van der Waals surface area contributed by atoms with Crippen molar-refractivity contribution in [2.45, 2.75) is 51.5 Å². The molecular formula is C18H24BrNO3. The number of esters is 1. The van der Waals surface area contributed by atoms with E-state index in [1.165, 1.54) is 25.7 Å². The number of hydrogen-bond donors (Lipinski definition) is 1. The van der Waals surface area contributed by atoms with E-state index in [2.05, 4.69) is 21.2 Å². The largest absolute Gasteiger partial charge is 0.456 e. The van der Waals surface area contributed by atoms with Crippen LogP contribution in [0.25, 0.3) is 0 Å². The van der Waals surface area contributed by atoms with E-state index in [9.17, 15) is 9.59 Å². The maximum absolute atomic E-state index is 11.9. The van der Waals surface area contributed by atoms with Gasteiger partial charge in [0.15, 0.2) is 6.61 Å². The summed E-state index contributed by atoms with van der Waals surface area (Å²) in [5.41, 5.74) is 1.01. The van der Waals surface area contributed by atoms with E-state index in [0.717, 1.165) is 16.5 Å². The van der Waals surface area contributed by atoms with Crippen LogP contribution in [-0.2, 0) is 14.3 Å². The van der Waals surface area contributed by atoms with Gasteiger partial charge >= 0.3 is 5.97 Å². The van der Waals surface area contributed by atoms with E-state index < -0.39 is 0 Å². The molecular weight excluding hydrogens is 358 g/mol. The van der Waals surface area contributed by atoms with Crippen LogP contribution < -0.4 is 5.32 Å². The summed E-state index contributed by atoms with van der Waals surface area (Å²) < 4.78 is 6.06. The van der Waals surface area contributed by atoms with Crippen LogP contribution in [-0.4, -0.2) is 18.5 Å². The lowest BCUT2D eigenvalue weighted by Crippen LogP contribution is -2.31. The van der Waals surface area contributed by atoms with Gasteiger partial charge in [-0.25, -0.2) is 0 Å². The highest BCUT2D eigenvalue weighted by atomic mass is 79.9. The predicted molar refractivity (Wildman–Crippen MR) is 92.9 cm³/mol. The Balaban J connectivity index is 1.65. The lowest BCUT2D eigenvalue weighted by Gasteiger charge is -2.14. The number of rotatable bonds is 7. The van der Waals surface area contributed by atoms with E-state index in [0.29, 0.717) is 12.3 Å². The molecule has 1 aliphatic carbocycles. The van der Waals surface area contributed by atoms with Crippen LogP contribution in [0.2, 0.25) is 0 Å². The molecule has 1 saturated carbocycles. The van der Waals surface area contributed by atoms with Crippen LogP contribution in [0.15, 0.2) is 28.7 Å². The SMILES string of the molecule is C[C@@H](NC(=O)COC(=O)CCC1CCCC1)c1ccc(Br)cc1. The van der Waals surface area contributed by atoms with Gasteiger partial charge in [0.05, 0.1) is 6.04 Å². The van der Waals surface area contributed by atoms with Gasteiger partial charge in [-0.1, -0.05) is 53.7 Å². The van der Waals surface area contributed by atoms with Crippen LogP contribution in [0.4, 0.5) is 0 Å². The van der Waals surface area contributed by atoms with Gasteiger partial charge in [0, 0.05) is 10.9 Å². The summed E-state index contributed by atoms with van der Waals surface area (Å²) >= 11 is 3.38. The Morgan fingerprint density at radius 2 is 1.91 bits per heavy atom. The van der Waals surface area contributed by atoms with E-state index in [1.54, 1.807) is 0 Å². The molecule has 2 rings (SSSR count). The number of hydrogen-bond acceptors (Lipinski definition) is 3. The Hall–Kier alpha value is -1.36. The average Bonchev–Trinajstić information content (AvgIpc) is 3.05. The summed E-state index contributed by atoms with van der Waals surface area (Å²) in [5.74, 6) is 0.117. The van der Waals surface area contributed by atoms with Crippen LogP contribution in [0, 0.1) is 5.92 Å². The van der Waals surface area contributed by atoms with Crippen molar-refractivity contribution >= 4 is 27.8 Å². The Morgan fingerprint density at radius 1 is 1.26 bits per heavy atom. The second-order valence-electron chi connectivity index (χ2n) is 6.19. The Morgan fingerprint density at radius 3 is 2.57 bits per heavy atom. The molecule has 0 bridgehead atoms. The quantitative estimate of drug-likeness (QED) is 0.722. The summed E-state index contributed by atoms with van der Waals surface area (Å²) in [6.45, 7) is 1.70. The van der Waals surface area contributed by atoms with Crippen molar-refractivity contribution in [2.24, 2.45) is 5.92 Å². The number of ether oxygens (including phenoxy) is 1. The molecule has 1 amide bonds. The van der Waals surface area contributed by atoms with Crippen molar-refractivity contribution in [3.63, 3.8) is 0 Å². The van der Waals surface area contributed by atoms with Gasteiger partial charge in [-0.15, -0.1) is 0 Å². The first-order valence-corrected chi connectivity index (χ1v) is 9.04. The first kappa shape index (κ1) is 18.0. The molecule has 0 aromatic heterocycles. The molecule has 1 atom stereocenters. The standard InChI is InChI=1S/C18H24BrNO3/c1-13(15-7-9-16(19)10-8-15)20-17(21)12-23-18(22)11-6-14-4-2-3-5-14/h7-10,13-14H,2-6,11-12H2,1H3,(H,20,21)/t13-/m1/s1. The zero-order chi connectivity index (χ0) is 16.7. The second kappa shape index (κ2) is 9.06. The molecule has 0 aliphatic heterocycles. The fourth-order valence-corrected chi connectivity index (χ4v) is 3.22. The van der Waals surface area contributed by atoms with E-state index >= 15 is 0 Å². The average molecular weight is 382 g/mol. The molecule has 0 unspecified atom stereocenters. The molecule has 1 aliphatic rings. The molecule has 126 valence electrons. The summed E-state index contributed by atoms with van der Waals surface area (Å²) in [4.78, 5) is 23.6. The molecule has 1 aromatic carbocycles. The lowest BCUT2D eigenvalue weighted by molar-refractivity contribution is -0.149. The Bertz CT molecular complexity index is 524. The van der Waals surface area contributed by atoms with E-state index in [1.807, 2.05) is 31.2 Å². The predicted octanol–water partition coefficient (Wildman–Crippen LogP) is 4.14. The molecule has 1 aromatic rings. The van der Waals surface area contributed by atoms with Crippen molar-refractivity contribution < 1.29 is 14.3 Å². The summed E-state index contributed by atoms with van der Waals surface area (Å²) in [6, 6.07) is 7.64. The van der Waals surface area contributed by atoms with E-state index in [-0.39, 0.29) is 24.5 Å². The molecule has 1 N–H and O–H groups in total. The highest BCUT2D eigenvalue weighted by Gasteiger charge is 2.17. The Kier molecular flexibility index (Phi) is 7.09. The molecule has 0 heterocycles. The molecule has 1 fully saturated rings. The Labute approximate surface area is 146 Å². The second-order valence-corrected chi connectivity index (χ2v) is 7.11. The topological polar surface area (TPSA) is 55.4 Å². The zero-order valence-corrected chi connectivity index (χ0v) is 15.1. The highest BCUT2D eigenvalue weighted by Crippen LogP contribution is 2.28. The maximum atomic E-state index is 11.9. The van der Waals surface area contributed by atoms with Crippen molar-refractivity contribution in [3.05, 3.63) is 34.3 Å². The molecule has 23 heavy (non-hydrogen) atoms. The lowest BCUT2D eigenvalue weighted by atomic mass is 10.0. The fourth-order valence-electron chi connectivity index (χ4n) is 2.96. The minimum absolute atomic E-state index is 0.118. The molecule has 0 radical (unpaired) electrons. The van der Waals surface area contributed by atoms with Crippen LogP contribution in [0.1, 0.15) is 57.1 Å². The summed E-state index contributed by atoms with van der Waals surface area (Å²) in [7, 11) is 0. The number of nitrogens with one attached hydrogen (secondary N) is 1. The molecule has 0 spiro atoms. The minimum atomic E-state index is -0.275. The van der Waals surface area contributed by atoms with Crippen LogP contribution >= 0.6 is 15.9 Å². The van der Waals surface area contributed by atoms with Crippen molar-refractivity contribution in [1.29, 1.82) is 0 Å². The third kappa shape index (κ3) is 6.34. The van der Waals surface area contributed by atoms with Crippen LogP contribution in [0.3, 0.4) is 0 Å². The van der Waals surface area contributed by atoms with Gasteiger partial charge in [0.2, 0.25) is 0 Å². The maximum Gasteiger partial charge on any atom is 0.306 e. The molecule has 4 nitrogen and oxygen atoms in total. The minimum Gasteiger partial charge on any atom is -0.456 e. The third-order valence-electron chi connectivity index (χ3n) is 4.34. The number of carbonyl (C=O) groups excluding carboxylic acids is 2. The van der Waals surface area contributed by atoms with Gasteiger partial charge in [-0.3, -0.25) is 9.59 Å². The van der Waals surface area contributed by atoms with Gasteiger partial charge in [-0.05, 0) is 37.0 Å². The van der Waals surface area contributed by atoms with Gasteiger partial charge in [0.25, 0.3) is 5.91 Å². The van der Waals surface area contributed by atoms with Crippen molar-refractivity contribution in [1.82, 2.24) is 5.32 Å². The third-order valence-corrected chi connectivity index (χ3v) is 4.87. The number of carbonyl (C=O) groups is 2. The summed E-state index contributed by atoms with van der Waals surface area (Å²) in [5, 5.41) is 2.84. The van der Waals surface area contributed by atoms with Crippen molar-refractivity contribution in [2.75, 3.05) is 6.61 Å². The number of halogens is 1. The van der Waals surface area contributed by atoms with Crippen LogP contribution in [0.5, 0.6) is 0 Å². The first-order chi connectivity index (χ1) is 11.0. The highest BCUT2D eigenvalue weighted by molar-refractivity contribution is 9.10. The number of benzene rings is 1.